The van der Waals surface area contributed by atoms with E-state index in [9.17, 15) is 31.9 Å². The van der Waals surface area contributed by atoms with Crippen LogP contribution in [0.1, 0.15) is 20.8 Å². The van der Waals surface area contributed by atoms with Crippen LogP contribution in [0.4, 0.5) is 22.4 Å². The molecule has 2 atom stereocenters. The second kappa shape index (κ2) is 10.9. The highest BCUT2D eigenvalue weighted by Crippen LogP contribution is 2.12. The number of likely N-dealkylation sites (N-methyl/N-ethyl adjacent to an activating group) is 1. The normalized spacial score (nSPS) is 14.0. The second-order valence-electron chi connectivity index (χ2n) is 6.19. The molecule has 0 aromatic heterocycles. The molecule has 0 aliphatic rings. The van der Waals surface area contributed by atoms with E-state index in [2.05, 4.69) is 9.47 Å². The lowest BCUT2D eigenvalue weighted by molar-refractivity contribution is -0.160. The van der Waals surface area contributed by atoms with E-state index in [-0.39, 0.29) is 0 Å². The van der Waals surface area contributed by atoms with E-state index >= 15 is 0 Å². The molecular formula is C14H22F4N2O7. The first kappa shape index (κ1) is 24.8. The van der Waals surface area contributed by atoms with Crippen molar-refractivity contribution >= 4 is 18.0 Å². The number of nitrogens with one attached hydrogen (secondary N) is 1. The van der Waals surface area contributed by atoms with Gasteiger partial charge in [-0.05, 0) is 20.8 Å². The van der Waals surface area contributed by atoms with Gasteiger partial charge in [0.15, 0.2) is 6.04 Å². The lowest BCUT2D eigenvalue weighted by Gasteiger charge is -2.30. The van der Waals surface area contributed by atoms with Crippen LogP contribution in [-0.4, -0.2) is 79.1 Å². The monoisotopic (exact) mass is 406 g/mol. The topological polar surface area (TPSA) is 114 Å². The van der Waals surface area contributed by atoms with E-state index < -0.39 is 62.1 Å². The molecule has 0 heterocycles. The van der Waals surface area contributed by atoms with Crippen LogP contribution in [0.2, 0.25) is 0 Å². The molecular weight excluding hydrogens is 384 g/mol. The van der Waals surface area contributed by atoms with Gasteiger partial charge in [-0.15, -0.1) is 0 Å². The first-order chi connectivity index (χ1) is 12.2. The molecule has 0 aromatic carbocycles. The molecule has 27 heavy (non-hydrogen) atoms. The third kappa shape index (κ3) is 10.6. The maximum Gasteiger partial charge on any atom is 0.410 e. The van der Waals surface area contributed by atoms with Crippen molar-refractivity contribution in [3.05, 3.63) is 0 Å². The molecule has 0 saturated heterocycles. The van der Waals surface area contributed by atoms with Crippen molar-refractivity contribution < 1.29 is 51.3 Å². The van der Waals surface area contributed by atoms with Crippen LogP contribution < -0.4 is 5.32 Å². The summed E-state index contributed by atoms with van der Waals surface area (Å²) in [5, 5.41) is 10.8. The van der Waals surface area contributed by atoms with E-state index in [0.29, 0.717) is 4.90 Å². The SMILES string of the molecule is CN(C(=O)OC(C)(C)C)[C@@H](COC(F)F)C(=O)N[C@@H](COC(F)F)C(=O)O. The van der Waals surface area contributed by atoms with E-state index in [1.807, 2.05) is 5.32 Å². The van der Waals surface area contributed by atoms with Crippen molar-refractivity contribution in [1.29, 1.82) is 0 Å². The van der Waals surface area contributed by atoms with Crippen molar-refractivity contribution in [2.24, 2.45) is 0 Å². The van der Waals surface area contributed by atoms with Crippen molar-refractivity contribution in [1.82, 2.24) is 10.2 Å². The Bertz CT molecular complexity index is 514. The zero-order chi connectivity index (χ0) is 21.4. The molecule has 0 aliphatic heterocycles. The maximum absolute atomic E-state index is 12.3. The molecule has 2 N–H and O–H groups in total. The van der Waals surface area contributed by atoms with Crippen molar-refractivity contribution in [3.8, 4) is 0 Å². The van der Waals surface area contributed by atoms with Crippen LogP contribution in [0.3, 0.4) is 0 Å². The molecule has 158 valence electrons. The molecule has 0 aliphatic carbocycles. The summed E-state index contributed by atoms with van der Waals surface area (Å²) in [6.45, 7) is -4.09. The molecule has 2 amide bonds. The maximum atomic E-state index is 12.3. The van der Waals surface area contributed by atoms with Gasteiger partial charge in [0.05, 0.1) is 13.2 Å². The van der Waals surface area contributed by atoms with Gasteiger partial charge in [0.2, 0.25) is 5.91 Å². The molecule has 9 nitrogen and oxygen atoms in total. The Morgan fingerprint density at radius 2 is 1.52 bits per heavy atom. The van der Waals surface area contributed by atoms with Crippen LogP contribution in [0.5, 0.6) is 0 Å². The Morgan fingerprint density at radius 3 is 1.93 bits per heavy atom. The Kier molecular flexibility index (Phi) is 10.0. The van der Waals surface area contributed by atoms with E-state index in [1.165, 1.54) is 20.8 Å². The highest BCUT2D eigenvalue weighted by atomic mass is 19.3. The first-order valence-electron chi connectivity index (χ1n) is 7.53. The number of nitrogens with zero attached hydrogens (tertiary/aromatic N) is 1. The zero-order valence-electron chi connectivity index (χ0n) is 15.1. The summed E-state index contributed by atoms with van der Waals surface area (Å²) in [5.74, 6) is -2.95. The summed E-state index contributed by atoms with van der Waals surface area (Å²) in [7, 11) is 1.04. The summed E-state index contributed by atoms with van der Waals surface area (Å²) in [5.41, 5.74) is -0.968. The third-order valence-electron chi connectivity index (χ3n) is 2.84. The van der Waals surface area contributed by atoms with Crippen molar-refractivity contribution in [2.75, 3.05) is 20.3 Å². The number of ether oxygens (including phenoxy) is 3. The van der Waals surface area contributed by atoms with Gasteiger partial charge in [0.1, 0.15) is 11.6 Å². The van der Waals surface area contributed by atoms with Crippen molar-refractivity contribution in [2.45, 2.75) is 51.7 Å². The Balaban J connectivity index is 5.25. The lowest BCUT2D eigenvalue weighted by atomic mass is 10.2. The van der Waals surface area contributed by atoms with Gasteiger partial charge < -0.3 is 24.6 Å². The Hall–Kier alpha value is -2.15. The summed E-state index contributed by atoms with van der Waals surface area (Å²) >= 11 is 0. The number of carbonyl (C=O) groups excluding carboxylic acids is 2. The fraction of sp³-hybridized carbons (Fsp3) is 0.786. The molecule has 0 rings (SSSR count). The minimum atomic E-state index is -3.29. The molecule has 0 spiro atoms. The summed E-state index contributed by atoms with van der Waals surface area (Å²) in [6.07, 6.45) is -1.07. The van der Waals surface area contributed by atoms with Gasteiger partial charge in [-0.3, -0.25) is 9.69 Å². The minimum Gasteiger partial charge on any atom is -0.480 e. The molecule has 0 radical (unpaired) electrons. The number of carbonyl (C=O) groups is 3. The van der Waals surface area contributed by atoms with Gasteiger partial charge in [-0.1, -0.05) is 0 Å². The fourth-order valence-electron chi connectivity index (χ4n) is 1.60. The average Bonchev–Trinajstić information content (AvgIpc) is 2.48. The lowest BCUT2D eigenvalue weighted by Crippen LogP contribution is -2.55. The average molecular weight is 406 g/mol. The van der Waals surface area contributed by atoms with E-state index in [0.717, 1.165) is 7.05 Å². The summed E-state index contributed by atoms with van der Waals surface area (Å²) in [4.78, 5) is 35.9. The van der Waals surface area contributed by atoms with Gasteiger partial charge in [-0.25, -0.2) is 9.59 Å². The van der Waals surface area contributed by atoms with Crippen LogP contribution in [-0.2, 0) is 23.8 Å². The number of alkyl halides is 4. The smallest absolute Gasteiger partial charge is 0.410 e. The molecule has 13 heteroatoms. The predicted molar refractivity (Wildman–Crippen MR) is 81.3 cm³/mol. The molecule has 0 saturated carbocycles. The number of amides is 2. The van der Waals surface area contributed by atoms with Crippen LogP contribution >= 0.6 is 0 Å². The summed E-state index contributed by atoms with van der Waals surface area (Å²) < 4.78 is 61.6. The van der Waals surface area contributed by atoms with Gasteiger partial charge in [-0.2, -0.15) is 17.6 Å². The van der Waals surface area contributed by atoms with E-state index in [1.54, 1.807) is 0 Å². The number of halogens is 4. The van der Waals surface area contributed by atoms with Gasteiger partial charge in [0.25, 0.3) is 0 Å². The standard InChI is InChI=1S/C14H22F4N2O7/c1-14(2,3)27-13(24)20(4)8(6-26-12(17)18)9(21)19-7(10(22)23)5-25-11(15)16/h7-8,11-12H,5-6H2,1-4H3,(H,19,21)(H,22,23)/t7-,8-/m0/s1. The highest BCUT2D eigenvalue weighted by molar-refractivity contribution is 5.89. The largest absolute Gasteiger partial charge is 0.480 e. The predicted octanol–water partition coefficient (Wildman–Crippen LogP) is 1.27. The van der Waals surface area contributed by atoms with Gasteiger partial charge >= 0.3 is 25.3 Å². The number of carboxylic acid groups (broad SMARTS) is 1. The Morgan fingerprint density at radius 1 is 1.04 bits per heavy atom. The molecule has 0 aromatic rings. The Labute approximate surface area is 152 Å². The molecule has 0 unspecified atom stereocenters. The minimum absolute atomic E-state index is 0.621. The van der Waals surface area contributed by atoms with Crippen molar-refractivity contribution in [3.63, 3.8) is 0 Å². The number of aliphatic carboxylic acids is 1. The number of rotatable bonds is 10. The number of carboxylic acids is 1. The summed E-state index contributed by atoms with van der Waals surface area (Å²) in [6, 6.07) is -3.63. The molecule has 0 fully saturated rings. The van der Waals surface area contributed by atoms with Crippen LogP contribution in [0.25, 0.3) is 0 Å². The zero-order valence-corrected chi connectivity index (χ0v) is 15.1. The second-order valence-corrected chi connectivity index (χ2v) is 6.19. The first-order valence-corrected chi connectivity index (χ1v) is 7.53. The van der Waals surface area contributed by atoms with E-state index in [4.69, 9.17) is 9.84 Å². The molecule has 0 bridgehead atoms. The van der Waals surface area contributed by atoms with Crippen LogP contribution in [0.15, 0.2) is 0 Å². The quantitative estimate of drug-likeness (QED) is 0.525. The number of hydrogen-bond acceptors (Lipinski definition) is 6. The third-order valence-corrected chi connectivity index (χ3v) is 2.84. The number of hydrogen-bond donors (Lipinski definition) is 2. The fourth-order valence-corrected chi connectivity index (χ4v) is 1.60. The van der Waals surface area contributed by atoms with Crippen LogP contribution in [0, 0.1) is 0 Å². The van der Waals surface area contributed by atoms with Gasteiger partial charge in [0, 0.05) is 7.05 Å². The highest BCUT2D eigenvalue weighted by Gasteiger charge is 2.34.